The molecule has 0 fully saturated rings. The Morgan fingerprint density at radius 3 is 2.83 bits per heavy atom. The average molecular weight is 310 g/mol. The van der Waals surface area contributed by atoms with Gasteiger partial charge in [-0.1, -0.05) is 22.0 Å². The van der Waals surface area contributed by atoms with Crippen molar-refractivity contribution in [3.8, 4) is 11.6 Å². The summed E-state index contributed by atoms with van der Waals surface area (Å²) in [7, 11) is 1.70. The Morgan fingerprint density at radius 2 is 2.22 bits per heavy atom. The zero-order valence-corrected chi connectivity index (χ0v) is 11.6. The number of hydrogen-bond donors (Lipinski definition) is 1. The highest BCUT2D eigenvalue weighted by atomic mass is 79.9. The Hall–Kier alpha value is -1.82. The van der Waals surface area contributed by atoms with E-state index in [1.165, 1.54) is 4.68 Å². The molecule has 0 aliphatic carbocycles. The predicted octanol–water partition coefficient (Wildman–Crippen LogP) is 2.38. The molecule has 2 aromatic rings. The standard InChI is InChI=1S/C12H12BrN3O2/c1-7-10(11(14)17)12(16(2)15-7)18-9-5-3-4-8(13)6-9/h3-6H,1-2H3,(H2,14,17). The van der Waals surface area contributed by atoms with Gasteiger partial charge in [-0.05, 0) is 25.1 Å². The van der Waals surface area contributed by atoms with Crippen LogP contribution in [0.5, 0.6) is 11.6 Å². The molecule has 1 amide bonds. The summed E-state index contributed by atoms with van der Waals surface area (Å²) in [6.45, 7) is 1.72. The number of carbonyl (C=O) groups excluding carboxylic acids is 1. The maximum absolute atomic E-state index is 11.4. The van der Waals surface area contributed by atoms with E-state index in [0.717, 1.165) is 4.47 Å². The Kier molecular flexibility index (Phi) is 3.38. The molecule has 6 heteroatoms. The number of benzene rings is 1. The molecule has 18 heavy (non-hydrogen) atoms. The summed E-state index contributed by atoms with van der Waals surface area (Å²) >= 11 is 3.35. The lowest BCUT2D eigenvalue weighted by molar-refractivity contribution is 0.0997. The number of rotatable bonds is 3. The molecule has 0 saturated heterocycles. The Labute approximate surface area is 113 Å². The molecule has 0 aliphatic rings. The average Bonchev–Trinajstić information content (AvgIpc) is 2.53. The molecule has 1 aromatic heterocycles. The molecule has 0 radical (unpaired) electrons. The normalized spacial score (nSPS) is 10.4. The topological polar surface area (TPSA) is 70.1 Å². The third kappa shape index (κ3) is 2.38. The van der Waals surface area contributed by atoms with E-state index in [0.29, 0.717) is 22.9 Å². The SMILES string of the molecule is Cc1nn(C)c(Oc2cccc(Br)c2)c1C(N)=O. The van der Waals surface area contributed by atoms with Crippen molar-refractivity contribution in [1.82, 2.24) is 9.78 Å². The second kappa shape index (κ2) is 4.81. The molecule has 1 heterocycles. The van der Waals surface area contributed by atoms with Gasteiger partial charge in [0.1, 0.15) is 11.3 Å². The number of nitrogens with zero attached hydrogens (tertiary/aromatic N) is 2. The van der Waals surface area contributed by atoms with Gasteiger partial charge in [-0.3, -0.25) is 4.79 Å². The molecule has 0 bridgehead atoms. The van der Waals surface area contributed by atoms with Gasteiger partial charge in [-0.15, -0.1) is 0 Å². The molecule has 5 nitrogen and oxygen atoms in total. The van der Waals surface area contributed by atoms with Crippen LogP contribution in [0, 0.1) is 6.92 Å². The monoisotopic (exact) mass is 309 g/mol. The van der Waals surface area contributed by atoms with Gasteiger partial charge in [0.25, 0.3) is 5.91 Å². The number of ether oxygens (including phenoxy) is 1. The minimum absolute atomic E-state index is 0.303. The summed E-state index contributed by atoms with van der Waals surface area (Å²) in [6, 6.07) is 7.31. The number of hydrogen-bond acceptors (Lipinski definition) is 3. The van der Waals surface area contributed by atoms with Crippen LogP contribution in [0.2, 0.25) is 0 Å². The van der Waals surface area contributed by atoms with Gasteiger partial charge in [0.2, 0.25) is 5.88 Å². The molecule has 0 spiro atoms. The fourth-order valence-corrected chi connectivity index (χ4v) is 2.06. The van der Waals surface area contributed by atoms with Crippen LogP contribution in [0.15, 0.2) is 28.7 Å². The van der Waals surface area contributed by atoms with Crippen LogP contribution in [-0.2, 0) is 7.05 Å². The van der Waals surface area contributed by atoms with Crippen LogP contribution in [0.25, 0.3) is 0 Å². The van der Waals surface area contributed by atoms with Crippen LogP contribution in [0.1, 0.15) is 16.1 Å². The van der Waals surface area contributed by atoms with Gasteiger partial charge in [0.05, 0.1) is 5.69 Å². The minimum Gasteiger partial charge on any atom is -0.438 e. The molecule has 94 valence electrons. The Bertz CT molecular complexity index is 607. The lowest BCUT2D eigenvalue weighted by Gasteiger charge is -2.07. The Balaban J connectivity index is 2.43. The van der Waals surface area contributed by atoms with Gasteiger partial charge in [0, 0.05) is 11.5 Å². The van der Waals surface area contributed by atoms with Gasteiger partial charge in [0.15, 0.2) is 0 Å². The van der Waals surface area contributed by atoms with Gasteiger partial charge in [-0.2, -0.15) is 5.10 Å². The van der Waals surface area contributed by atoms with E-state index in [2.05, 4.69) is 21.0 Å². The highest BCUT2D eigenvalue weighted by Gasteiger charge is 2.20. The van der Waals surface area contributed by atoms with E-state index in [9.17, 15) is 4.79 Å². The van der Waals surface area contributed by atoms with Crippen molar-refractivity contribution in [1.29, 1.82) is 0 Å². The molecule has 1 aromatic carbocycles. The number of nitrogens with two attached hydrogens (primary N) is 1. The largest absolute Gasteiger partial charge is 0.438 e. The van der Waals surface area contributed by atoms with E-state index in [1.807, 2.05) is 12.1 Å². The number of carbonyl (C=O) groups is 1. The fraction of sp³-hybridized carbons (Fsp3) is 0.167. The van der Waals surface area contributed by atoms with Crippen molar-refractivity contribution in [2.24, 2.45) is 12.8 Å². The third-order valence-corrected chi connectivity index (χ3v) is 2.92. The highest BCUT2D eigenvalue weighted by molar-refractivity contribution is 9.10. The summed E-state index contributed by atoms with van der Waals surface area (Å²) in [4.78, 5) is 11.4. The maximum atomic E-state index is 11.4. The van der Waals surface area contributed by atoms with Crippen molar-refractivity contribution in [3.63, 3.8) is 0 Å². The maximum Gasteiger partial charge on any atom is 0.256 e. The van der Waals surface area contributed by atoms with E-state index in [1.54, 1.807) is 26.1 Å². The molecule has 0 saturated carbocycles. The number of aromatic nitrogens is 2. The fourth-order valence-electron chi connectivity index (χ4n) is 1.68. The molecular formula is C12H12BrN3O2. The first-order valence-corrected chi connectivity index (χ1v) is 6.05. The molecule has 0 unspecified atom stereocenters. The summed E-state index contributed by atoms with van der Waals surface area (Å²) in [6.07, 6.45) is 0. The van der Waals surface area contributed by atoms with Gasteiger partial charge < -0.3 is 10.5 Å². The second-order valence-electron chi connectivity index (χ2n) is 3.81. The van der Waals surface area contributed by atoms with E-state index in [4.69, 9.17) is 10.5 Å². The predicted molar refractivity (Wildman–Crippen MR) is 70.7 cm³/mol. The summed E-state index contributed by atoms with van der Waals surface area (Å²) < 4.78 is 8.06. The molecule has 0 aliphatic heterocycles. The first kappa shape index (κ1) is 12.6. The summed E-state index contributed by atoms with van der Waals surface area (Å²) in [5, 5.41) is 4.13. The zero-order valence-electron chi connectivity index (χ0n) is 9.98. The summed E-state index contributed by atoms with van der Waals surface area (Å²) in [5.74, 6) is 0.401. The molecule has 0 atom stereocenters. The molecule has 2 rings (SSSR count). The Morgan fingerprint density at radius 1 is 1.50 bits per heavy atom. The van der Waals surface area contributed by atoms with Crippen LogP contribution < -0.4 is 10.5 Å². The van der Waals surface area contributed by atoms with Crippen LogP contribution in [0.4, 0.5) is 0 Å². The zero-order chi connectivity index (χ0) is 13.3. The second-order valence-corrected chi connectivity index (χ2v) is 4.73. The quantitative estimate of drug-likeness (QED) is 0.946. The number of primary amides is 1. The van der Waals surface area contributed by atoms with Gasteiger partial charge >= 0.3 is 0 Å². The van der Waals surface area contributed by atoms with Crippen molar-refractivity contribution in [2.75, 3.05) is 0 Å². The third-order valence-electron chi connectivity index (χ3n) is 2.43. The molecular weight excluding hydrogens is 298 g/mol. The smallest absolute Gasteiger partial charge is 0.256 e. The van der Waals surface area contributed by atoms with Crippen LogP contribution >= 0.6 is 15.9 Å². The highest BCUT2D eigenvalue weighted by Crippen LogP contribution is 2.28. The van der Waals surface area contributed by atoms with E-state index >= 15 is 0 Å². The number of aryl methyl sites for hydroxylation is 2. The van der Waals surface area contributed by atoms with Crippen molar-refractivity contribution in [2.45, 2.75) is 6.92 Å². The van der Waals surface area contributed by atoms with Crippen molar-refractivity contribution < 1.29 is 9.53 Å². The van der Waals surface area contributed by atoms with Crippen LogP contribution in [-0.4, -0.2) is 15.7 Å². The van der Waals surface area contributed by atoms with E-state index < -0.39 is 5.91 Å². The van der Waals surface area contributed by atoms with Crippen molar-refractivity contribution >= 4 is 21.8 Å². The first-order chi connectivity index (χ1) is 8.49. The lowest BCUT2D eigenvalue weighted by atomic mass is 10.2. The minimum atomic E-state index is -0.550. The first-order valence-electron chi connectivity index (χ1n) is 5.26. The van der Waals surface area contributed by atoms with Crippen LogP contribution in [0.3, 0.4) is 0 Å². The van der Waals surface area contributed by atoms with E-state index in [-0.39, 0.29) is 0 Å². The number of halogens is 1. The lowest BCUT2D eigenvalue weighted by Crippen LogP contribution is -2.13. The van der Waals surface area contributed by atoms with Crippen molar-refractivity contribution in [3.05, 3.63) is 40.0 Å². The summed E-state index contributed by atoms with van der Waals surface area (Å²) in [5.41, 5.74) is 6.18. The molecule has 2 N–H and O–H groups in total. The number of amides is 1. The van der Waals surface area contributed by atoms with Gasteiger partial charge in [-0.25, -0.2) is 4.68 Å².